The smallest absolute Gasteiger partial charge is 0.350 e. The van der Waals surface area contributed by atoms with Gasteiger partial charge in [0.2, 0.25) is 15.9 Å². The third-order valence-corrected chi connectivity index (χ3v) is 8.14. The number of nitrogens with one attached hydrogen (secondary N) is 1. The molecule has 2 heterocycles. The molecule has 13 heteroatoms. The summed E-state index contributed by atoms with van der Waals surface area (Å²) in [5.74, 6) is -1.81. The standard InChI is InChI=1S/C24H22F4N4O4S/c25-19-9-21(22(33)30-11-15-4-6-18(7-5-15)24(26,27)28)32(14-19)23(34)17-2-1-3-20(8-17)37(35,36)31-12-16(10-29)13-31/h1-8,16,19,21H,9,11-14H2,(H,30,33)/t19-,21-/m1/s1. The molecule has 4 rings (SSSR count). The summed E-state index contributed by atoms with van der Waals surface area (Å²) < 4.78 is 79.2. The first-order valence-electron chi connectivity index (χ1n) is 11.3. The molecule has 2 aromatic rings. The van der Waals surface area contributed by atoms with Crippen LogP contribution in [0.15, 0.2) is 53.4 Å². The number of halogens is 4. The maximum absolute atomic E-state index is 14.3. The van der Waals surface area contributed by atoms with Gasteiger partial charge in [0, 0.05) is 31.6 Å². The van der Waals surface area contributed by atoms with Crippen molar-refractivity contribution in [1.82, 2.24) is 14.5 Å². The number of amides is 2. The van der Waals surface area contributed by atoms with Crippen LogP contribution in [0, 0.1) is 17.2 Å². The third-order valence-electron chi connectivity index (χ3n) is 6.31. The zero-order valence-corrected chi connectivity index (χ0v) is 20.1. The van der Waals surface area contributed by atoms with Gasteiger partial charge in [0.25, 0.3) is 5.91 Å². The van der Waals surface area contributed by atoms with Gasteiger partial charge in [0.05, 0.1) is 29.0 Å². The van der Waals surface area contributed by atoms with E-state index < -0.39 is 51.7 Å². The number of carbonyl (C=O) groups is 2. The Bertz CT molecular complexity index is 1340. The summed E-state index contributed by atoms with van der Waals surface area (Å²) in [5.41, 5.74) is -0.497. The van der Waals surface area contributed by atoms with Crippen LogP contribution in [-0.4, -0.2) is 61.3 Å². The van der Waals surface area contributed by atoms with Crippen molar-refractivity contribution >= 4 is 21.8 Å². The minimum Gasteiger partial charge on any atom is -0.350 e. The Hall–Kier alpha value is -3.50. The normalized spacial score (nSPS) is 20.8. The molecule has 196 valence electrons. The molecule has 2 amide bonds. The number of carbonyl (C=O) groups excluding carboxylic acids is 2. The van der Waals surface area contributed by atoms with Crippen LogP contribution >= 0.6 is 0 Å². The fraction of sp³-hybridized carbons (Fsp3) is 0.375. The first-order valence-corrected chi connectivity index (χ1v) is 12.7. The quantitative estimate of drug-likeness (QED) is 0.569. The number of hydrogen-bond donors (Lipinski definition) is 1. The lowest BCUT2D eigenvalue weighted by Crippen LogP contribution is -2.49. The maximum Gasteiger partial charge on any atom is 0.416 e. The van der Waals surface area contributed by atoms with Gasteiger partial charge < -0.3 is 10.2 Å². The first kappa shape index (κ1) is 26.6. The van der Waals surface area contributed by atoms with Gasteiger partial charge in [-0.2, -0.15) is 22.7 Å². The number of sulfonamides is 1. The van der Waals surface area contributed by atoms with Crippen molar-refractivity contribution < 1.29 is 35.6 Å². The van der Waals surface area contributed by atoms with Crippen LogP contribution in [0.1, 0.15) is 27.9 Å². The van der Waals surface area contributed by atoms with E-state index in [9.17, 15) is 35.6 Å². The lowest BCUT2D eigenvalue weighted by Gasteiger charge is -2.34. The van der Waals surface area contributed by atoms with Gasteiger partial charge in [0.1, 0.15) is 12.2 Å². The van der Waals surface area contributed by atoms with Gasteiger partial charge in [-0.1, -0.05) is 18.2 Å². The van der Waals surface area contributed by atoms with E-state index in [4.69, 9.17) is 5.26 Å². The number of nitriles is 1. The minimum absolute atomic E-state index is 0.0481. The van der Waals surface area contributed by atoms with Gasteiger partial charge in [-0.15, -0.1) is 0 Å². The van der Waals surface area contributed by atoms with Crippen molar-refractivity contribution in [2.45, 2.75) is 36.3 Å². The number of rotatable bonds is 6. The Kier molecular flexibility index (Phi) is 7.25. The molecule has 8 nitrogen and oxygen atoms in total. The summed E-state index contributed by atoms with van der Waals surface area (Å²) in [6, 6.07) is 10.2. The van der Waals surface area contributed by atoms with Crippen LogP contribution in [-0.2, 0) is 27.5 Å². The molecule has 2 aliphatic heterocycles. The largest absolute Gasteiger partial charge is 0.416 e. The molecular formula is C24H22F4N4O4S. The monoisotopic (exact) mass is 538 g/mol. The van der Waals surface area contributed by atoms with Crippen LogP contribution in [0.5, 0.6) is 0 Å². The molecule has 0 spiro atoms. The molecule has 0 bridgehead atoms. The highest BCUT2D eigenvalue weighted by molar-refractivity contribution is 7.89. The van der Waals surface area contributed by atoms with Crippen LogP contribution in [0.4, 0.5) is 17.6 Å². The lowest BCUT2D eigenvalue weighted by molar-refractivity contribution is -0.137. The topological polar surface area (TPSA) is 111 Å². The molecule has 0 aromatic heterocycles. The molecular weight excluding hydrogens is 516 g/mol. The number of benzene rings is 2. The Morgan fingerprint density at radius 3 is 2.38 bits per heavy atom. The second-order valence-corrected chi connectivity index (χ2v) is 10.8. The summed E-state index contributed by atoms with van der Waals surface area (Å²) in [6.07, 6.45) is -6.25. The summed E-state index contributed by atoms with van der Waals surface area (Å²) in [5, 5.41) is 11.4. The fourth-order valence-electron chi connectivity index (χ4n) is 4.20. The van der Waals surface area contributed by atoms with Crippen LogP contribution in [0.25, 0.3) is 0 Å². The molecule has 2 aromatic carbocycles. The van der Waals surface area contributed by atoms with Crippen molar-refractivity contribution in [2.75, 3.05) is 19.6 Å². The highest BCUT2D eigenvalue weighted by Gasteiger charge is 2.41. The second-order valence-electron chi connectivity index (χ2n) is 8.89. The molecule has 0 unspecified atom stereocenters. The van der Waals surface area contributed by atoms with Gasteiger partial charge in [-0.3, -0.25) is 9.59 Å². The molecule has 2 aliphatic rings. The highest BCUT2D eigenvalue weighted by Crippen LogP contribution is 2.30. The highest BCUT2D eigenvalue weighted by atomic mass is 32.2. The molecule has 2 saturated heterocycles. The number of hydrogen-bond acceptors (Lipinski definition) is 5. The SMILES string of the molecule is N#CC1CN(S(=O)(=O)c2cccc(C(=O)N3C[C@H](F)C[C@@H]3C(=O)NCc3ccc(C(F)(F)F)cc3)c2)C1. The van der Waals surface area contributed by atoms with Crippen molar-refractivity contribution in [3.05, 3.63) is 65.2 Å². The first-order chi connectivity index (χ1) is 17.4. The molecule has 37 heavy (non-hydrogen) atoms. The average molecular weight is 539 g/mol. The Balaban J connectivity index is 1.45. The maximum atomic E-state index is 14.3. The average Bonchev–Trinajstić information content (AvgIpc) is 3.22. The van der Waals surface area contributed by atoms with E-state index in [-0.39, 0.29) is 43.1 Å². The fourth-order valence-corrected chi connectivity index (χ4v) is 5.77. The Morgan fingerprint density at radius 2 is 1.76 bits per heavy atom. The molecule has 0 saturated carbocycles. The third kappa shape index (κ3) is 5.60. The van der Waals surface area contributed by atoms with Crippen LogP contribution < -0.4 is 5.32 Å². The van der Waals surface area contributed by atoms with Crippen molar-refractivity contribution in [1.29, 1.82) is 5.26 Å². The number of likely N-dealkylation sites (tertiary alicyclic amines) is 1. The molecule has 1 N–H and O–H groups in total. The summed E-state index contributed by atoms with van der Waals surface area (Å²) in [7, 11) is -3.93. The summed E-state index contributed by atoms with van der Waals surface area (Å²) >= 11 is 0. The van der Waals surface area contributed by atoms with Crippen molar-refractivity contribution in [3.63, 3.8) is 0 Å². The Labute approximate surface area is 210 Å². The summed E-state index contributed by atoms with van der Waals surface area (Å²) in [6.45, 7) is -0.397. The predicted molar refractivity (Wildman–Crippen MR) is 122 cm³/mol. The number of nitrogens with zero attached hydrogens (tertiary/aromatic N) is 3. The van der Waals surface area contributed by atoms with Gasteiger partial charge in [0.15, 0.2) is 0 Å². The van der Waals surface area contributed by atoms with E-state index >= 15 is 0 Å². The molecule has 0 aliphatic carbocycles. The van der Waals surface area contributed by atoms with E-state index in [1.807, 2.05) is 6.07 Å². The van der Waals surface area contributed by atoms with E-state index in [2.05, 4.69) is 5.32 Å². The zero-order valence-electron chi connectivity index (χ0n) is 19.3. The van der Waals surface area contributed by atoms with Crippen LogP contribution in [0.3, 0.4) is 0 Å². The van der Waals surface area contributed by atoms with Crippen molar-refractivity contribution in [3.8, 4) is 6.07 Å². The van der Waals surface area contributed by atoms with E-state index in [1.165, 1.54) is 30.3 Å². The molecule has 2 fully saturated rings. The van der Waals surface area contributed by atoms with E-state index in [1.54, 1.807) is 0 Å². The number of alkyl halides is 4. The molecule has 2 atom stereocenters. The minimum atomic E-state index is -4.49. The summed E-state index contributed by atoms with van der Waals surface area (Å²) in [4.78, 5) is 26.8. The van der Waals surface area contributed by atoms with E-state index in [0.29, 0.717) is 5.56 Å². The van der Waals surface area contributed by atoms with Gasteiger partial charge in [-0.25, -0.2) is 12.8 Å². The van der Waals surface area contributed by atoms with Crippen molar-refractivity contribution in [2.24, 2.45) is 5.92 Å². The Morgan fingerprint density at radius 1 is 1.08 bits per heavy atom. The van der Waals surface area contributed by atoms with Gasteiger partial charge >= 0.3 is 6.18 Å². The van der Waals surface area contributed by atoms with Crippen LogP contribution in [0.2, 0.25) is 0 Å². The lowest BCUT2D eigenvalue weighted by atomic mass is 10.1. The van der Waals surface area contributed by atoms with Gasteiger partial charge in [-0.05, 0) is 35.9 Å². The second kappa shape index (κ2) is 10.1. The molecule has 0 radical (unpaired) electrons. The van der Waals surface area contributed by atoms with E-state index in [0.717, 1.165) is 27.4 Å². The zero-order chi connectivity index (χ0) is 27.0. The predicted octanol–water partition coefficient (Wildman–Crippen LogP) is 2.72.